The average molecular weight is 745 g/mol. The highest BCUT2D eigenvalue weighted by Gasteiger charge is 2.39. The van der Waals surface area contributed by atoms with Gasteiger partial charge in [0.2, 0.25) is 11.8 Å². The number of rotatable bonds is 7. The summed E-state index contributed by atoms with van der Waals surface area (Å²) in [5, 5.41) is 9.93. The average Bonchev–Trinajstić information content (AvgIpc) is 3.44. The van der Waals surface area contributed by atoms with E-state index in [1.807, 2.05) is 19.9 Å². The Kier molecular flexibility index (Phi) is 10.9. The van der Waals surface area contributed by atoms with Crippen molar-refractivity contribution in [2.24, 2.45) is 7.05 Å². The Morgan fingerprint density at radius 1 is 0.940 bits per heavy atom. The van der Waals surface area contributed by atoms with Crippen molar-refractivity contribution >= 4 is 39.3 Å². The lowest BCUT2D eigenvalue weighted by Gasteiger charge is -2.33. The van der Waals surface area contributed by atoms with Crippen LogP contribution in [-0.4, -0.2) is 74.9 Å². The molecule has 5 heterocycles. The second kappa shape index (κ2) is 15.3. The molecule has 7 rings (SSSR count). The summed E-state index contributed by atoms with van der Waals surface area (Å²) in [5.74, 6) is -0.0133. The van der Waals surface area contributed by atoms with Gasteiger partial charge in [0.15, 0.2) is 0 Å². The summed E-state index contributed by atoms with van der Waals surface area (Å²) in [6.07, 6.45) is 7.34. The number of amides is 3. The highest BCUT2D eigenvalue weighted by Crippen LogP contribution is 2.35. The number of fused-ring (bicyclic) bond motifs is 1. The van der Waals surface area contributed by atoms with Crippen LogP contribution in [0, 0.1) is 0 Å². The lowest BCUT2D eigenvalue weighted by atomic mass is 9.87. The third-order valence-corrected chi connectivity index (χ3v) is 11.0. The first kappa shape index (κ1) is 35.5. The van der Waals surface area contributed by atoms with E-state index in [4.69, 9.17) is 0 Å². The quantitative estimate of drug-likeness (QED) is 0.322. The number of carbonyl (C=O) groups excluding carboxylic acids is 3. The van der Waals surface area contributed by atoms with Crippen LogP contribution in [0.1, 0.15) is 90.4 Å². The van der Waals surface area contributed by atoms with Crippen molar-refractivity contribution < 1.29 is 14.4 Å². The predicted molar refractivity (Wildman–Crippen MR) is 196 cm³/mol. The summed E-state index contributed by atoms with van der Waals surface area (Å²) in [5.41, 5.74) is 7.03. The molecule has 4 aliphatic rings. The van der Waals surface area contributed by atoms with Gasteiger partial charge in [-0.1, -0.05) is 50.2 Å². The van der Waals surface area contributed by atoms with Gasteiger partial charge in [-0.15, -0.1) is 0 Å². The minimum absolute atomic E-state index is 0.123. The molecule has 2 saturated heterocycles. The minimum Gasteiger partial charge on any atom is -0.378 e. The molecule has 3 aromatic rings. The summed E-state index contributed by atoms with van der Waals surface area (Å²) >= 11 is 3.41. The van der Waals surface area contributed by atoms with E-state index in [0.29, 0.717) is 40.5 Å². The summed E-state index contributed by atoms with van der Waals surface area (Å²) in [6, 6.07) is 14.6. The molecule has 0 radical (unpaired) electrons. The molecule has 50 heavy (non-hydrogen) atoms. The maximum atomic E-state index is 13.1. The standard InChI is InChI=1S/C36H40BrN7O4.C2H6/c1-41-19-26(16-28(21-41)39-30-17-38-42(2)36(48)33(30)37)23-5-3-22(4-6-23)18-43-13-11-24(12-14-43)25-7-8-29-27(15-25)20-44(35(29)47)31-9-10-32(45)40-34(31)46;1-2/h3-8,15,17,21,24,26,31,39H,9-14,16,18-20H2,1-2H3,(H,40,45,46);1-2H3. The molecular formula is C38H46BrN7O4. The Morgan fingerprint density at radius 2 is 1.66 bits per heavy atom. The zero-order valence-electron chi connectivity index (χ0n) is 29.2. The number of benzene rings is 2. The molecule has 1 aromatic heterocycles. The zero-order valence-corrected chi connectivity index (χ0v) is 30.8. The van der Waals surface area contributed by atoms with Crippen LogP contribution in [0.3, 0.4) is 0 Å². The van der Waals surface area contributed by atoms with E-state index < -0.39 is 6.04 Å². The number of aryl methyl sites for hydroxylation is 1. The summed E-state index contributed by atoms with van der Waals surface area (Å²) in [4.78, 5) is 55.7. The van der Waals surface area contributed by atoms with Crippen molar-refractivity contribution in [3.05, 3.63) is 103 Å². The van der Waals surface area contributed by atoms with E-state index in [-0.39, 0.29) is 29.7 Å². The summed E-state index contributed by atoms with van der Waals surface area (Å²) in [6.45, 7) is 8.25. The second-order valence-electron chi connectivity index (χ2n) is 13.5. The number of hydrogen-bond acceptors (Lipinski definition) is 8. The number of hydrogen-bond donors (Lipinski definition) is 2. The highest BCUT2D eigenvalue weighted by atomic mass is 79.9. The first-order valence-electron chi connectivity index (χ1n) is 17.6. The maximum Gasteiger partial charge on any atom is 0.282 e. The van der Waals surface area contributed by atoms with Gasteiger partial charge in [0, 0.05) is 63.5 Å². The number of carbonyl (C=O) groups is 3. The van der Waals surface area contributed by atoms with E-state index in [1.54, 1.807) is 18.1 Å². The fraction of sp³-hybridized carbons (Fsp3) is 0.447. The fourth-order valence-corrected chi connectivity index (χ4v) is 8.01. The van der Waals surface area contributed by atoms with Gasteiger partial charge < -0.3 is 15.1 Å². The number of aromatic nitrogens is 2. The van der Waals surface area contributed by atoms with Crippen molar-refractivity contribution in [3.8, 4) is 0 Å². The van der Waals surface area contributed by atoms with Crippen molar-refractivity contribution in [3.63, 3.8) is 0 Å². The molecule has 0 aliphatic carbocycles. The Labute approximate surface area is 301 Å². The smallest absolute Gasteiger partial charge is 0.282 e. The van der Waals surface area contributed by atoms with Crippen LogP contribution in [0.25, 0.3) is 0 Å². The molecule has 2 unspecified atom stereocenters. The Balaban J connectivity index is 0.00000212. The van der Waals surface area contributed by atoms with Crippen LogP contribution >= 0.6 is 15.9 Å². The van der Waals surface area contributed by atoms with Crippen molar-refractivity contribution in [1.29, 1.82) is 0 Å². The van der Waals surface area contributed by atoms with E-state index in [9.17, 15) is 19.2 Å². The molecule has 11 nitrogen and oxygen atoms in total. The molecule has 2 atom stereocenters. The maximum absolute atomic E-state index is 13.1. The Bertz CT molecular complexity index is 1850. The molecule has 0 bridgehead atoms. The second-order valence-corrected chi connectivity index (χ2v) is 14.3. The molecular weight excluding hydrogens is 698 g/mol. The third-order valence-electron chi connectivity index (χ3n) is 10.2. The number of nitrogens with zero attached hydrogens (tertiary/aromatic N) is 5. The normalized spacial score (nSPS) is 21.3. The molecule has 2 fully saturated rings. The van der Waals surface area contributed by atoms with Gasteiger partial charge in [-0.25, -0.2) is 4.68 Å². The lowest BCUT2D eigenvalue weighted by molar-refractivity contribution is -0.136. The fourth-order valence-electron chi connectivity index (χ4n) is 7.55. The van der Waals surface area contributed by atoms with Gasteiger partial charge >= 0.3 is 0 Å². The topological polar surface area (TPSA) is 120 Å². The summed E-state index contributed by atoms with van der Waals surface area (Å²) in [7, 11) is 3.70. The number of anilines is 1. The molecule has 2 N–H and O–H groups in total. The van der Waals surface area contributed by atoms with Gasteiger partial charge in [0.25, 0.3) is 11.5 Å². The van der Waals surface area contributed by atoms with Crippen LogP contribution in [-0.2, 0) is 29.7 Å². The number of allylic oxidation sites excluding steroid dienone is 1. The number of piperidine rings is 2. The number of likely N-dealkylation sites (N-methyl/N-ethyl adjacent to an activating group) is 1. The van der Waals surface area contributed by atoms with Crippen LogP contribution in [0.4, 0.5) is 5.69 Å². The van der Waals surface area contributed by atoms with Crippen molar-refractivity contribution in [1.82, 2.24) is 29.8 Å². The largest absolute Gasteiger partial charge is 0.378 e. The molecule has 4 aliphatic heterocycles. The molecule has 0 spiro atoms. The van der Waals surface area contributed by atoms with Gasteiger partial charge in [-0.3, -0.25) is 29.4 Å². The van der Waals surface area contributed by atoms with Gasteiger partial charge in [-0.05, 0) is 88.9 Å². The van der Waals surface area contributed by atoms with Crippen molar-refractivity contribution in [2.75, 3.05) is 32.0 Å². The van der Waals surface area contributed by atoms with Crippen LogP contribution in [0.15, 0.2) is 69.8 Å². The van der Waals surface area contributed by atoms with Crippen molar-refractivity contribution in [2.45, 2.75) is 76.9 Å². The van der Waals surface area contributed by atoms with Gasteiger partial charge in [0.05, 0.1) is 11.9 Å². The number of likely N-dealkylation sites (tertiary alicyclic amines) is 1. The van der Waals surface area contributed by atoms with Crippen LogP contribution in [0.5, 0.6) is 0 Å². The zero-order chi connectivity index (χ0) is 35.5. The van der Waals surface area contributed by atoms with E-state index >= 15 is 0 Å². The lowest BCUT2D eigenvalue weighted by Crippen LogP contribution is -2.52. The first-order valence-corrected chi connectivity index (χ1v) is 18.4. The number of imide groups is 1. The molecule has 2 aromatic carbocycles. The first-order chi connectivity index (χ1) is 24.1. The monoisotopic (exact) mass is 743 g/mol. The third kappa shape index (κ3) is 7.56. The van der Waals surface area contributed by atoms with Gasteiger partial charge in [-0.2, -0.15) is 5.10 Å². The molecule has 12 heteroatoms. The van der Waals surface area contributed by atoms with E-state index in [0.717, 1.165) is 56.7 Å². The Hall–Kier alpha value is -4.29. The van der Waals surface area contributed by atoms with E-state index in [2.05, 4.69) is 91.1 Å². The van der Waals surface area contributed by atoms with Crippen LogP contribution < -0.4 is 16.2 Å². The molecule has 3 amide bonds. The Morgan fingerprint density at radius 3 is 2.38 bits per heavy atom. The molecule has 0 saturated carbocycles. The minimum atomic E-state index is -0.586. The van der Waals surface area contributed by atoms with Gasteiger partial charge in [0.1, 0.15) is 10.5 Å². The summed E-state index contributed by atoms with van der Waals surface area (Å²) < 4.78 is 1.78. The molecule has 264 valence electrons. The van der Waals surface area contributed by atoms with E-state index in [1.165, 1.54) is 21.4 Å². The predicted octanol–water partition coefficient (Wildman–Crippen LogP) is 5.08. The SMILES string of the molecule is CC.CN1C=C(Nc2cnn(C)c(=O)c2Br)CC(c2ccc(CN3CCC(c4ccc5c(c4)CN(C4CCC(=O)NC4=O)C5=O)CC3)cc2)C1. The van der Waals surface area contributed by atoms with Crippen LogP contribution in [0.2, 0.25) is 0 Å². The number of nitrogens with one attached hydrogen (secondary N) is 2. The number of halogens is 1. The highest BCUT2D eigenvalue weighted by molar-refractivity contribution is 9.10.